The summed E-state index contributed by atoms with van der Waals surface area (Å²) < 4.78 is 0. The SMILES string of the molecule is NC(=O)NC(=O)CSc1cc(Cl)ccc1N. The number of urea groups is 1. The summed E-state index contributed by atoms with van der Waals surface area (Å²) in [5, 5.41) is 2.49. The number of primary amides is 1. The van der Waals surface area contributed by atoms with Gasteiger partial charge in [-0.15, -0.1) is 11.8 Å². The third-order valence-corrected chi connectivity index (χ3v) is 2.90. The molecule has 16 heavy (non-hydrogen) atoms. The molecule has 0 heterocycles. The van der Waals surface area contributed by atoms with Gasteiger partial charge in [0.2, 0.25) is 5.91 Å². The molecule has 0 aliphatic rings. The number of hydrogen-bond acceptors (Lipinski definition) is 4. The molecule has 0 bridgehead atoms. The van der Waals surface area contributed by atoms with E-state index in [2.05, 4.69) is 0 Å². The van der Waals surface area contributed by atoms with Crippen molar-refractivity contribution in [3.05, 3.63) is 23.2 Å². The third-order valence-electron chi connectivity index (χ3n) is 1.60. The van der Waals surface area contributed by atoms with Crippen LogP contribution >= 0.6 is 23.4 Å². The molecular weight excluding hydrogens is 250 g/mol. The molecular formula is C9H10ClN3O2S. The van der Waals surface area contributed by atoms with Crippen LogP contribution in [0.1, 0.15) is 0 Å². The monoisotopic (exact) mass is 259 g/mol. The van der Waals surface area contributed by atoms with Gasteiger partial charge >= 0.3 is 6.03 Å². The summed E-state index contributed by atoms with van der Waals surface area (Å²) in [5.74, 6) is -0.426. The molecule has 0 aliphatic heterocycles. The number of rotatable bonds is 3. The van der Waals surface area contributed by atoms with Gasteiger partial charge in [0.1, 0.15) is 0 Å². The lowest BCUT2D eigenvalue weighted by atomic mass is 10.3. The van der Waals surface area contributed by atoms with Crippen molar-refractivity contribution in [3.63, 3.8) is 0 Å². The van der Waals surface area contributed by atoms with Crippen molar-refractivity contribution >= 4 is 41.0 Å². The second kappa shape index (κ2) is 5.62. The Balaban J connectivity index is 2.57. The molecule has 5 N–H and O–H groups in total. The molecule has 1 aromatic carbocycles. The lowest BCUT2D eigenvalue weighted by Crippen LogP contribution is -2.36. The Labute approximate surface area is 102 Å². The molecule has 0 spiro atoms. The summed E-state index contributed by atoms with van der Waals surface area (Å²) in [6.45, 7) is 0. The first-order chi connectivity index (χ1) is 7.49. The standard InChI is InChI=1S/C9H10ClN3O2S/c10-5-1-2-6(11)7(3-5)16-4-8(14)13-9(12)15/h1-3H,4,11H2,(H3,12,13,14,15). The number of nitrogen functional groups attached to an aromatic ring is 1. The number of nitrogens with one attached hydrogen (secondary N) is 1. The number of benzene rings is 1. The van der Waals surface area contributed by atoms with Gasteiger partial charge in [-0.05, 0) is 18.2 Å². The number of amides is 3. The molecule has 3 amide bonds. The van der Waals surface area contributed by atoms with Crippen LogP contribution in [0.3, 0.4) is 0 Å². The Morgan fingerprint density at radius 3 is 2.75 bits per heavy atom. The van der Waals surface area contributed by atoms with Crippen LogP contribution in [-0.4, -0.2) is 17.7 Å². The highest BCUT2D eigenvalue weighted by molar-refractivity contribution is 8.00. The van der Waals surface area contributed by atoms with Crippen molar-refractivity contribution in [1.82, 2.24) is 5.32 Å². The third kappa shape index (κ3) is 4.00. The number of hydrogen-bond donors (Lipinski definition) is 3. The lowest BCUT2D eigenvalue weighted by Gasteiger charge is -2.05. The zero-order chi connectivity index (χ0) is 12.1. The van der Waals surface area contributed by atoms with Crippen molar-refractivity contribution in [1.29, 1.82) is 0 Å². The molecule has 0 aliphatic carbocycles. The molecule has 1 rings (SSSR count). The van der Waals surface area contributed by atoms with Crippen molar-refractivity contribution < 1.29 is 9.59 Å². The molecule has 0 saturated heterocycles. The maximum Gasteiger partial charge on any atom is 0.318 e. The minimum Gasteiger partial charge on any atom is -0.398 e. The second-order valence-electron chi connectivity index (χ2n) is 2.88. The molecule has 0 unspecified atom stereocenters. The maximum absolute atomic E-state index is 11.1. The Hall–Kier alpha value is -1.40. The molecule has 0 atom stereocenters. The Morgan fingerprint density at radius 2 is 2.12 bits per heavy atom. The topological polar surface area (TPSA) is 98.2 Å². The summed E-state index contributed by atoms with van der Waals surface area (Å²) >= 11 is 6.95. The number of anilines is 1. The van der Waals surface area contributed by atoms with E-state index in [1.807, 2.05) is 5.32 Å². The quantitative estimate of drug-likeness (QED) is 0.561. The van der Waals surface area contributed by atoms with Gasteiger partial charge in [-0.25, -0.2) is 4.79 Å². The van der Waals surface area contributed by atoms with E-state index in [1.165, 1.54) is 11.8 Å². The largest absolute Gasteiger partial charge is 0.398 e. The first-order valence-corrected chi connectivity index (χ1v) is 5.62. The fourth-order valence-corrected chi connectivity index (χ4v) is 1.99. The van der Waals surface area contributed by atoms with E-state index in [4.69, 9.17) is 23.1 Å². The van der Waals surface area contributed by atoms with Crippen molar-refractivity contribution in [2.24, 2.45) is 5.73 Å². The highest BCUT2D eigenvalue weighted by Gasteiger charge is 2.07. The van der Waals surface area contributed by atoms with Crippen LogP contribution in [0.2, 0.25) is 5.02 Å². The summed E-state index contributed by atoms with van der Waals surface area (Å²) in [5.41, 5.74) is 11.0. The summed E-state index contributed by atoms with van der Waals surface area (Å²) in [6, 6.07) is 4.09. The Bertz CT molecular complexity index is 425. The van der Waals surface area contributed by atoms with Gasteiger partial charge in [0.25, 0.3) is 0 Å². The molecule has 0 radical (unpaired) electrons. The van der Waals surface area contributed by atoms with Gasteiger partial charge in [-0.2, -0.15) is 0 Å². The van der Waals surface area contributed by atoms with Crippen LogP contribution in [0, 0.1) is 0 Å². The molecule has 0 saturated carbocycles. The summed E-state index contributed by atoms with van der Waals surface area (Å²) in [4.78, 5) is 22.2. The first-order valence-electron chi connectivity index (χ1n) is 4.26. The minimum atomic E-state index is -0.871. The smallest absolute Gasteiger partial charge is 0.318 e. The zero-order valence-corrected chi connectivity index (χ0v) is 9.77. The summed E-state index contributed by atoms with van der Waals surface area (Å²) in [7, 11) is 0. The second-order valence-corrected chi connectivity index (χ2v) is 4.34. The first kappa shape index (κ1) is 12.7. The highest BCUT2D eigenvalue weighted by Crippen LogP contribution is 2.27. The maximum atomic E-state index is 11.1. The predicted molar refractivity (Wildman–Crippen MR) is 64.3 cm³/mol. The van der Waals surface area contributed by atoms with E-state index in [1.54, 1.807) is 18.2 Å². The highest BCUT2D eigenvalue weighted by atomic mass is 35.5. The van der Waals surface area contributed by atoms with Crippen LogP contribution in [0.15, 0.2) is 23.1 Å². The van der Waals surface area contributed by atoms with Gasteiger partial charge in [0.15, 0.2) is 0 Å². The van der Waals surface area contributed by atoms with E-state index in [9.17, 15) is 9.59 Å². The van der Waals surface area contributed by atoms with Crippen LogP contribution in [0.4, 0.5) is 10.5 Å². The van der Waals surface area contributed by atoms with Gasteiger partial charge < -0.3 is 11.5 Å². The van der Waals surface area contributed by atoms with Crippen molar-refractivity contribution in [2.75, 3.05) is 11.5 Å². The molecule has 86 valence electrons. The van der Waals surface area contributed by atoms with Crippen LogP contribution in [-0.2, 0) is 4.79 Å². The average Bonchev–Trinajstić information content (AvgIpc) is 2.18. The number of carbonyl (C=O) groups excluding carboxylic acids is 2. The normalized spacial score (nSPS) is 9.81. The molecule has 5 nitrogen and oxygen atoms in total. The van der Waals surface area contributed by atoms with E-state index in [0.717, 1.165) is 0 Å². The zero-order valence-electron chi connectivity index (χ0n) is 8.20. The predicted octanol–water partition coefficient (Wildman–Crippen LogP) is 1.21. The Morgan fingerprint density at radius 1 is 1.44 bits per heavy atom. The van der Waals surface area contributed by atoms with Crippen LogP contribution < -0.4 is 16.8 Å². The summed E-state index contributed by atoms with van der Waals surface area (Å²) in [6.07, 6.45) is 0. The number of halogens is 1. The average molecular weight is 260 g/mol. The Kier molecular flexibility index (Phi) is 4.45. The van der Waals surface area contributed by atoms with Crippen molar-refractivity contribution in [3.8, 4) is 0 Å². The molecule has 0 fully saturated rings. The van der Waals surface area contributed by atoms with E-state index >= 15 is 0 Å². The van der Waals surface area contributed by atoms with E-state index in [0.29, 0.717) is 15.6 Å². The molecule has 7 heteroatoms. The number of nitrogens with two attached hydrogens (primary N) is 2. The fourth-order valence-electron chi connectivity index (χ4n) is 0.950. The van der Waals surface area contributed by atoms with Gasteiger partial charge in [0, 0.05) is 15.6 Å². The van der Waals surface area contributed by atoms with Crippen LogP contribution in [0.25, 0.3) is 0 Å². The van der Waals surface area contributed by atoms with Gasteiger partial charge in [0.05, 0.1) is 5.75 Å². The number of carbonyl (C=O) groups is 2. The fraction of sp³-hybridized carbons (Fsp3) is 0.111. The van der Waals surface area contributed by atoms with Gasteiger partial charge in [-0.1, -0.05) is 11.6 Å². The number of thioether (sulfide) groups is 1. The number of imide groups is 1. The van der Waals surface area contributed by atoms with E-state index < -0.39 is 11.9 Å². The van der Waals surface area contributed by atoms with Crippen LogP contribution in [0.5, 0.6) is 0 Å². The van der Waals surface area contributed by atoms with E-state index in [-0.39, 0.29) is 5.75 Å². The molecule has 1 aromatic rings. The lowest BCUT2D eigenvalue weighted by molar-refractivity contribution is -0.117. The van der Waals surface area contributed by atoms with Crippen molar-refractivity contribution in [2.45, 2.75) is 4.90 Å². The molecule has 0 aromatic heterocycles. The minimum absolute atomic E-state index is 0.0491. The van der Waals surface area contributed by atoms with Gasteiger partial charge in [-0.3, -0.25) is 10.1 Å².